The quantitative estimate of drug-likeness (QED) is 0.867. The van der Waals surface area contributed by atoms with Crippen LogP contribution in [0.15, 0.2) is 40.8 Å². The molecule has 0 aliphatic carbocycles. The highest BCUT2D eigenvalue weighted by molar-refractivity contribution is 5.88. The van der Waals surface area contributed by atoms with Crippen LogP contribution in [0.25, 0.3) is 16.9 Å². The van der Waals surface area contributed by atoms with Crippen molar-refractivity contribution in [3.63, 3.8) is 0 Å². The number of hydrogen-bond donors (Lipinski definition) is 1. The van der Waals surface area contributed by atoms with E-state index in [4.69, 9.17) is 14.3 Å². The van der Waals surface area contributed by atoms with Crippen molar-refractivity contribution in [3.8, 4) is 17.1 Å². The van der Waals surface area contributed by atoms with Crippen LogP contribution in [-0.2, 0) is 4.79 Å². The molecule has 4 nitrogen and oxygen atoms in total. The molecule has 2 aromatic rings. The van der Waals surface area contributed by atoms with Crippen LogP contribution in [0.4, 0.5) is 4.39 Å². The van der Waals surface area contributed by atoms with Crippen molar-refractivity contribution in [2.24, 2.45) is 0 Å². The van der Waals surface area contributed by atoms with Gasteiger partial charge in [0.15, 0.2) is 0 Å². The van der Waals surface area contributed by atoms with Crippen LogP contribution < -0.4 is 4.74 Å². The van der Waals surface area contributed by atoms with Crippen molar-refractivity contribution < 1.29 is 23.4 Å². The summed E-state index contributed by atoms with van der Waals surface area (Å²) in [5, 5.41) is 8.70. The molecule has 104 valence electrons. The highest BCUT2D eigenvalue weighted by Gasteiger charge is 2.12. The number of furan rings is 1. The van der Waals surface area contributed by atoms with E-state index in [1.807, 2.05) is 0 Å². The monoisotopic (exact) mass is 276 g/mol. The first-order chi connectivity index (χ1) is 9.51. The molecule has 1 N–H and O–H groups in total. The van der Waals surface area contributed by atoms with E-state index in [0.29, 0.717) is 28.4 Å². The third kappa shape index (κ3) is 2.88. The molecule has 0 aliphatic rings. The summed E-state index contributed by atoms with van der Waals surface area (Å²) in [6.45, 7) is 1.62. The molecule has 20 heavy (non-hydrogen) atoms. The number of benzene rings is 1. The van der Waals surface area contributed by atoms with E-state index in [1.54, 1.807) is 19.1 Å². The van der Waals surface area contributed by atoms with Gasteiger partial charge in [-0.3, -0.25) is 0 Å². The zero-order valence-corrected chi connectivity index (χ0v) is 11.0. The molecule has 0 bridgehead atoms. The minimum absolute atomic E-state index is 0.406. The van der Waals surface area contributed by atoms with Gasteiger partial charge in [-0.25, -0.2) is 9.18 Å². The summed E-state index contributed by atoms with van der Waals surface area (Å²) in [6, 6.07) is 7.38. The molecule has 2 rings (SSSR count). The molecule has 1 heterocycles. The maximum absolute atomic E-state index is 13.3. The number of allylic oxidation sites excluding steroid dienone is 1. The van der Waals surface area contributed by atoms with Gasteiger partial charge < -0.3 is 14.3 Å². The summed E-state index contributed by atoms with van der Waals surface area (Å²) in [5.74, 6) is -0.157. The van der Waals surface area contributed by atoms with Crippen LogP contribution in [-0.4, -0.2) is 18.2 Å². The molecule has 5 heteroatoms. The number of ether oxygens (including phenoxy) is 1. The van der Waals surface area contributed by atoms with Crippen molar-refractivity contribution in [2.45, 2.75) is 6.92 Å². The van der Waals surface area contributed by atoms with Gasteiger partial charge in [-0.2, -0.15) is 0 Å². The summed E-state index contributed by atoms with van der Waals surface area (Å²) in [5.41, 5.74) is 0.945. The SMILES string of the molecule is COc1ccc(F)cc1-c1ccc(/C(C)=C/C(=O)O)o1. The second-order valence-electron chi connectivity index (χ2n) is 4.17. The van der Waals surface area contributed by atoms with Gasteiger partial charge in [-0.15, -0.1) is 0 Å². The summed E-state index contributed by atoms with van der Waals surface area (Å²) in [4.78, 5) is 10.6. The molecule has 1 aromatic carbocycles. The largest absolute Gasteiger partial charge is 0.496 e. The molecular weight excluding hydrogens is 263 g/mol. The van der Waals surface area contributed by atoms with Gasteiger partial charge in [-0.1, -0.05) is 0 Å². The molecule has 0 unspecified atom stereocenters. The summed E-state index contributed by atoms with van der Waals surface area (Å²) < 4.78 is 24.0. The van der Waals surface area contributed by atoms with Gasteiger partial charge in [0.25, 0.3) is 0 Å². The fraction of sp³-hybridized carbons (Fsp3) is 0.133. The molecule has 0 saturated heterocycles. The first kappa shape index (κ1) is 13.9. The van der Waals surface area contributed by atoms with Crippen LogP contribution in [0.5, 0.6) is 5.75 Å². The highest BCUT2D eigenvalue weighted by atomic mass is 19.1. The molecule has 0 radical (unpaired) electrons. The zero-order chi connectivity index (χ0) is 14.7. The number of methoxy groups -OCH3 is 1. The second kappa shape index (κ2) is 5.61. The van der Waals surface area contributed by atoms with Gasteiger partial charge in [0.2, 0.25) is 0 Å². The Kier molecular flexibility index (Phi) is 3.89. The Morgan fingerprint density at radius 2 is 2.10 bits per heavy atom. The summed E-state index contributed by atoms with van der Waals surface area (Å²) in [6.07, 6.45) is 1.05. The topological polar surface area (TPSA) is 59.7 Å². The lowest BCUT2D eigenvalue weighted by Crippen LogP contribution is -1.89. The average molecular weight is 276 g/mol. The van der Waals surface area contributed by atoms with Gasteiger partial charge >= 0.3 is 5.97 Å². The Morgan fingerprint density at radius 3 is 2.75 bits per heavy atom. The fourth-order valence-corrected chi connectivity index (χ4v) is 1.82. The molecule has 0 fully saturated rings. The number of aliphatic carboxylic acids is 1. The first-order valence-corrected chi connectivity index (χ1v) is 5.86. The summed E-state index contributed by atoms with van der Waals surface area (Å²) >= 11 is 0. The lowest BCUT2D eigenvalue weighted by atomic mass is 10.1. The maximum Gasteiger partial charge on any atom is 0.328 e. The Labute approximate surface area is 115 Å². The summed E-state index contributed by atoms with van der Waals surface area (Å²) in [7, 11) is 1.48. The molecule has 0 amide bonds. The Hall–Kier alpha value is -2.56. The standard InChI is InChI=1S/C15H13FO4/c1-9(7-15(17)18)12-5-6-14(20-12)11-8-10(16)3-4-13(11)19-2/h3-8H,1-2H3,(H,17,18)/b9-7+. The minimum atomic E-state index is -1.05. The van der Waals surface area contributed by atoms with E-state index in [1.165, 1.54) is 25.3 Å². The van der Waals surface area contributed by atoms with Crippen LogP contribution in [0.3, 0.4) is 0 Å². The third-order valence-corrected chi connectivity index (χ3v) is 2.76. The van der Waals surface area contributed by atoms with E-state index >= 15 is 0 Å². The second-order valence-corrected chi connectivity index (χ2v) is 4.17. The van der Waals surface area contributed by atoms with E-state index in [0.717, 1.165) is 6.08 Å². The van der Waals surface area contributed by atoms with Gasteiger partial charge in [-0.05, 0) is 42.8 Å². The van der Waals surface area contributed by atoms with Gasteiger partial charge in [0.05, 0.1) is 12.7 Å². The average Bonchev–Trinajstić information content (AvgIpc) is 2.87. The lowest BCUT2D eigenvalue weighted by molar-refractivity contribution is -0.131. The van der Waals surface area contributed by atoms with Gasteiger partial charge in [0.1, 0.15) is 23.1 Å². The number of carboxylic acids is 1. The van der Waals surface area contributed by atoms with E-state index < -0.39 is 11.8 Å². The number of carbonyl (C=O) groups is 1. The molecule has 1 aromatic heterocycles. The first-order valence-electron chi connectivity index (χ1n) is 5.86. The predicted molar refractivity (Wildman–Crippen MR) is 71.9 cm³/mol. The normalized spacial score (nSPS) is 11.4. The lowest BCUT2D eigenvalue weighted by Gasteiger charge is -2.06. The maximum atomic E-state index is 13.3. The Balaban J connectivity index is 2.43. The Bertz CT molecular complexity index is 670. The molecule has 0 saturated carbocycles. The molecule has 0 aliphatic heterocycles. The van der Waals surface area contributed by atoms with Crippen molar-refractivity contribution >= 4 is 11.5 Å². The number of halogens is 1. The smallest absolute Gasteiger partial charge is 0.328 e. The number of carboxylic acid groups (broad SMARTS) is 1. The highest BCUT2D eigenvalue weighted by Crippen LogP contribution is 2.33. The van der Waals surface area contributed by atoms with Crippen LogP contribution in [0.1, 0.15) is 12.7 Å². The van der Waals surface area contributed by atoms with Crippen LogP contribution in [0, 0.1) is 5.82 Å². The predicted octanol–water partition coefficient (Wildman–Crippen LogP) is 3.58. The van der Waals surface area contributed by atoms with Crippen LogP contribution >= 0.6 is 0 Å². The van der Waals surface area contributed by atoms with Gasteiger partial charge in [0, 0.05) is 6.08 Å². The van der Waals surface area contributed by atoms with Crippen molar-refractivity contribution in [1.29, 1.82) is 0 Å². The van der Waals surface area contributed by atoms with Crippen LogP contribution in [0.2, 0.25) is 0 Å². The molecular formula is C15H13FO4. The third-order valence-electron chi connectivity index (χ3n) is 2.76. The van der Waals surface area contributed by atoms with Crippen molar-refractivity contribution in [2.75, 3.05) is 7.11 Å². The number of hydrogen-bond acceptors (Lipinski definition) is 3. The van der Waals surface area contributed by atoms with Crippen molar-refractivity contribution in [3.05, 3.63) is 48.0 Å². The van der Waals surface area contributed by atoms with Crippen molar-refractivity contribution in [1.82, 2.24) is 0 Å². The number of rotatable bonds is 4. The van der Waals surface area contributed by atoms with E-state index in [-0.39, 0.29) is 0 Å². The zero-order valence-electron chi connectivity index (χ0n) is 11.0. The molecule has 0 atom stereocenters. The fourth-order valence-electron chi connectivity index (χ4n) is 1.82. The van der Waals surface area contributed by atoms with E-state index in [9.17, 15) is 9.18 Å². The van der Waals surface area contributed by atoms with E-state index in [2.05, 4.69) is 0 Å². The minimum Gasteiger partial charge on any atom is -0.496 e. The molecule has 0 spiro atoms. The Morgan fingerprint density at radius 1 is 1.35 bits per heavy atom.